The van der Waals surface area contributed by atoms with E-state index in [-0.39, 0.29) is 5.78 Å². The summed E-state index contributed by atoms with van der Waals surface area (Å²) in [6, 6.07) is 8.19. The molecule has 5 rings (SSSR count). The van der Waals surface area contributed by atoms with Crippen molar-refractivity contribution in [2.75, 3.05) is 18.4 Å². The van der Waals surface area contributed by atoms with E-state index in [1.54, 1.807) is 18.5 Å². The lowest BCUT2D eigenvalue weighted by Crippen LogP contribution is -2.37. The fraction of sp³-hybridized carbons (Fsp3) is 0.483. The summed E-state index contributed by atoms with van der Waals surface area (Å²) in [6.07, 6.45) is 10.7. The molecule has 1 fully saturated rings. The molecule has 2 aliphatic rings. The summed E-state index contributed by atoms with van der Waals surface area (Å²) in [5.74, 6) is 2.38. The molecule has 0 amide bonds. The van der Waals surface area contributed by atoms with E-state index in [9.17, 15) is 9.90 Å². The molecule has 0 spiro atoms. The van der Waals surface area contributed by atoms with Gasteiger partial charge in [-0.15, -0.1) is 0 Å². The molecule has 1 aliphatic heterocycles. The number of ether oxygens (including phenoxy) is 1. The van der Waals surface area contributed by atoms with Gasteiger partial charge in [-0.2, -0.15) is 0 Å². The van der Waals surface area contributed by atoms with Crippen LogP contribution in [-0.2, 0) is 19.6 Å². The van der Waals surface area contributed by atoms with Crippen LogP contribution in [0.15, 0.2) is 47.5 Å². The number of carbonyl (C=O) groups excluding carboxylic acids is 1. The van der Waals surface area contributed by atoms with Gasteiger partial charge in [0.25, 0.3) is 0 Å². The number of carbonyl (C=O) groups is 1. The molecule has 8 nitrogen and oxygen atoms in total. The fourth-order valence-corrected chi connectivity index (χ4v) is 5.45. The van der Waals surface area contributed by atoms with Crippen molar-refractivity contribution in [3.05, 3.63) is 71.1 Å². The van der Waals surface area contributed by atoms with Gasteiger partial charge >= 0.3 is 0 Å². The summed E-state index contributed by atoms with van der Waals surface area (Å²) in [5, 5.41) is 14.1. The Balaban J connectivity index is 1.10. The second-order valence-corrected chi connectivity index (χ2v) is 10.2. The molecule has 1 saturated carbocycles. The molecule has 1 aliphatic carbocycles. The van der Waals surface area contributed by atoms with Crippen molar-refractivity contribution in [1.82, 2.24) is 14.9 Å². The lowest BCUT2D eigenvalue weighted by Gasteiger charge is -2.31. The van der Waals surface area contributed by atoms with Crippen LogP contribution in [-0.4, -0.2) is 51.0 Å². The number of oxazole rings is 1. The van der Waals surface area contributed by atoms with Gasteiger partial charge in [0, 0.05) is 43.9 Å². The summed E-state index contributed by atoms with van der Waals surface area (Å²) in [7, 11) is 0. The zero-order valence-electron chi connectivity index (χ0n) is 21.5. The number of nitrogens with zero attached hydrogens (tertiary/aromatic N) is 3. The van der Waals surface area contributed by atoms with Crippen LogP contribution in [0.5, 0.6) is 5.75 Å². The summed E-state index contributed by atoms with van der Waals surface area (Å²) < 4.78 is 11.2. The number of ketones is 1. The average Bonchev–Trinajstić information content (AvgIpc) is 3.62. The normalized spacial score (nSPS) is 16.9. The van der Waals surface area contributed by atoms with Crippen LogP contribution >= 0.6 is 0 Å². The number of β-amino-alcohol motifs (C(OH)–C–C–N with tert-alkyl or cyclic N) is 1. The van der Waals surface area contributed by atoms with Gasteiger partial charge in [-0.3, -0.25) is 9.69 Å². The van der Waals surface area contributed by atoms with Gasteiger partial charge in [0.15, 0.2) is 17.9 Å². The molecule has 3 heterocycles. The predicted octanol–water partition coefficient (Wildman–Crippen LogP) is 4.69. The van der Waals surface area contributed by atoms with Gasteiger partial charge in [0.1, 0.15) is 18.2 Å². The Bertz CT molecular complexity index is 1190. The maximum absolute atomic E-state index is 12.8. The maximum atomic E-state index is 12.8. The van der Waals surface area contributed by atoms with Gasteiger partial charge in [-0.1, -0.05) is 18.9 Å². The van der Waals surface area contributed by atoms with Gasteiger partial charge in [0.05, 0.1) is 12.3 Å². The molecule has 3 aromatic rings. The molecule has 2 N–H and O–H groups in total. The van der Waals surface area contributed by atoms with Crippen molar-refractivity contribution < 1.29 is 19.1 Å². The molecule has 1 aromatic carbocycles. The highest BCUT2D eigenvalue weighted by Crippen LogP contribution is 2.30. The lowest BCUT2D eigenvalue weighted by molar-refractivity contribution is 0.0836. The third-order valence-corrected chi connectivity index (χ3v) is 7.53. The number of nitrogens with one attached hydrogen (secondary N) is 1. The van der Waals surface area contributed by atoms with Crippen LogP contribution in [0.3, 0.4) is 0 Å². The molecular formula is C29H36N4O4. The quantitative estimate of drug-likeness (QED) is 0.363. The van der Waals surface area contributed by atoms with Gasteiger partial charge in [-0.25, -0.2) is 9.97 Å². The molecule has 2 aromatic heterocycles. The third-order valence-electron chi connectivity index (χ3n) is 7.53. The summed E-state index contributed by atoms with van der Waals surface area (Å²) in [4.78, 5) is 23.4. The van der Waals surface area contributed by atoms with Crippen molar-refractivity contribution >= 4 is 11.6 Å². The number of aliphatic hydroxyl groups is 1. The van der Waals surface area contributed by atoms with E-state index in [4.69, 9.17) is 9.15 Å². The fourth-order valence-electron chi connectivity index (χ4n) is 5.45. The zero-order chi connectivity index (χ0) is 25.6. The second-order valence-electron chi connectivity index (χ2n) is 10.2. The number of hydrogen-bond acceptors (Lipinski definition) is 8. The summed E-state index contributed by atoms with van der Waals surface area (Å²) in [5.41, 5.74) is 4.39. The highest BCUT2D eigenvalue weighted by atomic mass is 16.5. The predicted molar refractivity (Wildman–Crippen MR) is 141 cm³/mol. The summed E-state index contributed by atoms with van der Waals surface area (Å²) in [6.45, 7) is 4.66. The third kappa shape index (κ3) is 6.56. The van der Waals surface area contributed by atoms with E-state index in [1.165, 1.54) is 30.4 Å². The SMILES string of the molecule is Cc1c(OCc2cnco2)ccc2c1CCN(C[C@@H](O)CCC(=O)c1ccnc(NC3CCCC3)c1)C2. The second kappa shape index (κ2) is 11.9. The number of benzene rings is 1. The first-order chi connectivity index (χ1) is 18.0. The molecule has 1 atom stereocenters. The van der Waals surface area contributed by atoms with Crippen molar-refractivity contribution in [3.63, 3.8) is 0 Å². The lowest BCUT2D eigenvalue weighted by atomic mass is 9.94. The Morgan fingerprint density at radius 3 is 2.97 bits per heavy atom. The minimum atomic E-state index is -0.547. The topological polar surface area (TPSA) is 101 Å². The largest absolute Gasteiger partial charge is 0.485 e. The minimum absolute atomic E-state index is 0.0494. The van der Waals surface area contributed by atoms with Crippen LogP contribution in [0.25, 0.3) is 0 Å². The Morgan fingerprint density at radius 2 is 2.16 bits per heavy atom. The molecule has 196 valence electrons. The van der Waals surface area contributed by atoms with E-state index in [1.807, 2.05) is 12.1 Å². The van der Waals surface area contributed by atoms with E-state index in [2.05, 4.69) is 33.2 Å². The number of Topliss-reactive ketones (excluding diaryl/α,β-unsaturated/α-hetero) is 1. The first kappa shape index (κ1) is 25.4. The minimum Gasteiger partial charge on any atom is -0.485 e. The van der Waals surface area contributed by atoms with Crippen LogP contribution in [0.1, 0.15) is 71.3 Å². The van der Waals surface area contributed by atoms with Crippen LogP contribution in [0.4, 0.5) is 5.82 Å². The van der Waals surface area contributed by atoms with E-state index in [0.717, 1.165) is 49.5 Å². The Hall–Kier alpha value is -3.23. The van der Waals surface area contributed by atoms with Gasteiger partial charge in [0.2, 0.25) is 0 Å². The first-order valence-corrected chi connectivity index (χ1v) is 13.3. The standard InChI is InChI=1S/C29H36N4O4/c1-20-26-11-13-33(16-22(26)6-9-28(20)36-18-25-15-30-19-37-25)17-24(34)7-8-27(35)21-10-12-31-29(14-21)32-23-4-2-3-5-23/h6,9-10,12,14-15,19,23-24,34H,2-5,7-8,11,13,16-18H2,1H3,(H,31,32)/t24-/m0/s1. The molecule has 0 unspecified atom stereocenters. The molecule has 0 saturated heterocycles. The highest BCUT2D eigenvalue weighted by Gasteiger charge is 2.22. The molecule has 37 heavy (non-hydrogen) atoms. The number of aliphatic hydroxyl groups excluding tert-OH is 1. The van der Waals surface area contributed by atoms with Crippen LogP contribution in [0.2, 0.25) is 0 Å². The van der Waals surface area contributed by atoms with Crippen molar-refractivity contribution in [3.8, 4) is 5.75 Å². The van der Waals surface area contributed by atoms with Crippen LogP contribution in [0, 0.1) is 6.92 Å². The van der Waals surface area contributed by atoms with E-state index >= 15 is 0 Å². The van der Waals surface area contributed by atoms with Crippen LogP contribution < -0.4 is 10.1 Å². The molecule has 8 heteroatoms. The molecular weight excluding hydrogens is 468 g/mol. The van der Waals surface area contributed by atoms with Crippen molar-refractivity contribution in [2.24, 2.45) is 0 Å². The Labute approximate surface area is 218 Å². The number of hydrogen-bond donors (Lipinski definition) is 2. The Morgan fingerprint density at radius 1 is 1.30 bits per heavy atom. The number of rotatable bonds is 11. The zero-order valence-corrected chi connectivity index (χ0v) is 21.5. The maximum Gasteiger partial charge on any atom is 0.181 e. The van der Waals surface area contributed by atoms with Crippen molar-refractivity contribution in [1.29, 1.82) is 0 Å². The first-order valence-electron chi connectivity index (χ1n) is 13.3. The highest BCUT2D eigenvalue weighted by molar-refractivity contribution is 5.96. The van der Waals surface area contributed by atoms with Crippen molar-refractivity contribution in [2.45, 2.75) is 77.2 Å². The van der Waals surface area contributed by atoms with E-state index in [0.29, 0.717) is 43.4 Å². The average molecular weight is 505 g/mol. The van der Waals surface area contributed by atoms with Gasteiger partial charge in [-0.05, 0) is 67.5 Å². The van der Waals surface area contributed by atoms with Gasteiger partial charge < -0.3 is 19.6 Å². The number of anilines is 1. The molecule has 0 bridgehead atoms. The monoisotopic (exact) mass is 504 g/mol. The number of aromatic nitrogens is 2. The Kier molecular flexibility index (Phi) is 8.16. The smallest absolute Gasteiger partial charge is 0.181 e. The number of pyridine rings is 1. The number of fused-ring (bicyclic) bond motifs is 1. The molecule has 0 radical (unpaired) electrons. The van der Waals surface area contributed by atoms with E-state index < -0.39 is 6.10 Å². The summed E-state index contributed by atoms with van der Waals surface area (Å²) >= 11 is 0.